The number of hydrogen-bond donors (Lipinski definition) is 0. The van der Waals surface area contributed by atoms with Crippen LogP contribution in [0.15, 0.2) is 24.3 Å². The first-order valence-corrected chi connectivity index (χ1v) is 5.32. The highest BCUT2D eigenvalue weighted by molar-refractivity contribution is 5.86. The van der Waals surface area contributed by atoms with Crippen LogP contribution in [0, 0.1) is 17.2 Å². The van der Waals surface area contributed by atoms with Crippen molar-refractivity contribution < 1.29 is 14.3 Å². The number of nitriles is 1. The number of hydrogen-bond acceptors (Lipinski definition) is 4. The quantitative estimate of drug-likeness (QED) is 0.724. The van der Waals surface area contributed by atoms with Crippen molar-refractivity contribution in [1.29, 1.82) is 5.26 Å². The van der Waals surface area contributed by atoms with Gasteiger partial charge in [-0.05, 0) is 24.6 Å². The normalized spacial score (nSPS) is 22.9. The number of cyclic esters (lactones) is 1. The topological polar surface area (TPSA) is 67.2 Å². The first kappa shape index (κ1) is 11.3. The lowest BCUT2D eigenvalue weighted by Gasteiger charge is -2.15. The van der Waals surface area contributed by atoms with E-state index < -0.39 is 12.0 Å². The molecule has 1 aromatic carbocycles. The molecule has 0 spiro atoms. The molecule has 0 amide bonds. The molecule has 1 aliphatic heterocycles. The van der Waals surface area contributed by atoms with Gasteiger partial charge in [0.2, 0.25) is 0 Å². The van der Waals surface area contributed by atoms with E-state index in [4.69, 9.17) is 10.00 Å². The fourth-order valence-corrected chi connectivity index (χ4v) is 1.96. The number of rotatable bonds is 2. The molecule has 1 aromatic rings. The standard InChI is InChI=1S/C13H11NO3/c1-8(15)11-6-12(16)17-13(11)10-4-2-9(7-14)3-5-10/h2-5,11,13H,6H2,1H3/t11-,13?/m1/s1. The molecule has 0 radical (unpaired) electrons. The van der Waals surface area contributed by atoms with Crippen LogP contribution in [0.5, 0.6) is 0 Å². The van der Waals surface area contributed by atoms with Crippen molar-refractivity contribution in [3.05, 3.63) is 35.4 Å². The molecule has 4 nitrogen and oxygen atoms in total. The lowest BCUT2D eigenvalue weighted by molar-refractivity contribution is -0.141. The Balaban J connectivity index is 2.29. The van der Waals surface area contributed by atoms with Gasteiger partial charge in [0.1, 0.15) is 11.9 Å². The summed E-state index contributed by atoms with van der Waals surface area (Å²) in [6, 6.07) is 8.76. The minimum atomic E-state index is -0.507. The molecule has 0 N–H and O–H groups in total. The summed E-state index contributed by atoms with van der Waals surface area (Å²) in [6.45, 7) is 1.46. The molecule has 1 aliphatic rings. The highest BCUT2D eigenvalue weighted by atomic mass is 16.6. The molecule has 0 aromatic heterocycles. The molecule has 1 heterocycles. The van der Waals surface area contributed by atoms with Crippen LogP contribution in [-0.4, -0.2) is 11.8 Å². The van der Waals surface area contributed by atoms with Crippen molar-refractivity contribution in [3.63, 3.8) is 0 Å². The SMILES string of the molecule is CC(=O)[C@H]1CC(=O)OC1c1ccc(C#N)cc1. The lowest BCUT2D eigenvalue weighted by Crippen LogP contribution is -2.15. The molecule has 0 saturated carbocycles. The first-order chi connectivity index (χ1) is 8.11. The van der Waals surface area contributed by atoms with Gasteiger partial charge in [0, 0.05) is 0 Å². The van der Waals surface area contributed by atoms with Crippen molar-refractivity contribution >= 4 is 11.8 Å². The van der Waals surface area contributed by atoms with Crippen LogP contribution >= 0.6 is 0 Å². The van der Waals surface area contributed by atoms with Crippen LogP contribution in [0.1, 0.15) is 30.6 Å². The van der Waals surface area contributed by atoms with Gasteiger partial charge in [0.25, 0.3) is 0 Å². The van der Waals surface area contributed by atoms with E-state index in [1.165, 1.54) is 6.92 Å². The van der Waals surface area contributed by atoms with Crippen molar-refractivity contribution in [2.75, 3.05) is 0 Å². The summed E-state index contributed by atoms with van der Waals surface area (Å²) in [5, 5.41) is 8.69. The summed E-state index contributed by atoms with van der Waals surface area (Å²) in [6.07, 6.45) is -0.368. The summed E-state index contributed by atoms with van der Waals surface area (Å²) >= 11 is 0. The monoisotopic (exact) mass is 229 g/mol. The molecule has 4 heteroatoms. The molecule has 1 fully saturated rings. The van der Waals surface area contributed by atoms with Gasteiger partial charge in [-0.3, -0.25) is 9.59 Å². The second-order valence-electron chi connectivity index (χ2n) is 4.07. The largest absolute Gasteiger partial charge is 0.457 e. The summed E-state index contributed by atoms with van der Waals surface area (Å²) in [5.41, 5.74) is 1.30. The highest BCUT2D eigenvalue weighted by Gasteiger charge is 2.38. The van der Waals surface area contributed by atoms with E-state index in [1.54, 1.807) is 24.3 Å². The van der Waals surface area contributed by atoms with E-state index in [-0.39, 0.29) is 18.2 Å². The molecule has 0 aliphatic carbocycles. The van der Waals surface area contributed by atoms with Gasteiger partial charge < -0.3 is 4.74 Å². The molecule has 2 atom stereocenters. The van der Waals surface area contributed by atoms with Crippen LogP contribution < -0.4 is 0 Å². The van der Waals surface area contributed by atoms with Crippen molar-refractivity contribution in [3.8, 4) is 6.07 Å². The van der Waals surface area contributed by atoms with E-state index >= 15 is 0 Å². The zero-order valence-electron chi connectivity index (χ0n) is 9.34. The van der Waals surface area contributed by atoms with Crippen LogP contribution in [0.25, 0.3) is 0 Å². The second kappa shape index (κ2) is 4.38. The Bertz CT molecular complexity index is 498. The van der Waals surface area contributed by atoms with E-state index in [0.717, 1.165) is 5.56 Å². The molecular weight excluding hydrogens is 218 g/mol. The molecule has 2 rings (SSSR count). The van der Waals surface area contributed by atoms with Gasteiger partial charge >= 0.3 is 5.97 Å². The molecular formula is C13H11NO3. The third-order valence-electron chi connectivity index (χ3n) is 2.90. The molecule has 86 valence electrons. The van der Waals surface area contributed by atoms with Gasteiger partial charge in [0.05, 0.1) is 24.0 Å². The predicted molar refractivity (Wildman–Crippen MR) is 58.8 cm³/mol. The summed E-state index contributed by atoms with van der Waals surface area (Å²) in [5.74, 6) is -0.805. The number of ether oxygens (including phenoxy) is 1. The number of carbonyl (C=O) groups is 2. The zero-order chi connectivity index (χ0) is 12.4. The summed E-state index contributed by atoms with van der Waals surface area (Å²) in [4.78, 5) is 22.7. The summed E-state index contributed by atoms with van der Waals surface area (Å²) in [7, 11) is 0. The van der Waals surface area contributed by atoms with E-state index in [1.807, 2.05) is 6.07 Å². The number of nitrogens with zero attached hydrogens (tertiary/aromatic N) is 1. The maximum atomic E-state index is 11.4. The minimum absolute atomic E-state index is 0.0507. The number of Topliss-reactive ketones (excluding diaryl/α,β-unsaturated/α-hetero) is 1. The molecule has 1 unspecified atom stereocenters. The number of esters is 1. The minimum Gasteiger partial charge on any atom is -0.457 e. The number of benzene rings is 1. The Morgan fingerprint density at radius 1 is 1.41 bits per heavy atom. The van der Waals surface area contributed by atoms with Gasteiger partial charge in [-0.2, -0.15) is 5.26 Å². The Labute approximate surface area is 98.8 Å². The number of carbonyl (C=O) groups excluding carboxylic acids is 2. The molecule has 0 bridgehead atoms. The van der Waals surface area contributed by atoms with Gasteiger partial charge in [0.15, 0.2) is 0 Å². The van der Waals surface area contributed by atoms with Crippen LogP contribution in [0.4, 0.5) is 0 Å². The van der Waals surface area contributed by atoms with E-state index in [2.05, 4.69) is 0 Å². The maximum Gasteiger partial charge on any atom is 0.307 e. The van der Waals surface area contributed by atoms with Gasteiger partial charge in [-0.25, -0.2) is 0 Å². The Morgan fingerprint density at radius 3 is 2.59 bits per heavy atom. The fraction of sp³-hybridized carbons (Fsp3) is 0.308. The van der Waals surface area contributed by atoms with Crippen LogP contribution in [0.2, 0.25) is 0 Å². The second-order valence-corrected chi connectivity index (χ2v) is 4.07. The van der Waals surface area contributed by atoms with Crippen molar-refractivity contribution in [2.24, 2.45) is 5.92 Å². The van der Waals surface area contributed by atoms with Crippen molar-refractivity contribution in [1.82, 2.24) is 0 Å². The van der Waals surface area contributed by atoms with Crippen LogP contribution in [-0.2, 0) is 14.3 Å². The third kappa shape index (κ3) is 2.18. The maximum absolute atomic E-state index is 11.4. The zero-order valence-corrected chi connectivity index (χ0v) is 9.34. The average Bonchev–Trinajstić information content (AvgIpc) is 2.72. The van der Waals surface area contributed by atoms with Crippen LogP contribution in [0.3, 0.4) is 0 Å². The molecule has 1 saturated heterocycles. The van der Waals surface area contributed by atoms with Gasteiger partial charge in [-0.15, -0.1) is 0 Å². The average molecular weight is 229 g/mol. The van der Waals surface area contributed by atoms with E-state index in [9.17, 15) is 9.59 Å². The summed E-state index contributed by atoms with van der Waals surface area (Å²) < 4.78 is 5.15. The van der Waals surface area contributed by atoms with Gasteiger partial charge in [-0.1, -0.05) is 12.1 Å². The predicted octanol–water partition coefficient (Wildman–Crippen LogP) is 1.75. The Kier molecular flexibility index (Phi) is 2.92. The highest BCUT2D eigenvalue weighted by Crippen LogP contribution is 2.35. The first-order valence-electron chi connectivity index (χ1n) is 5.32. The molecule has 17 heavy (non-hydrogen) atoms. The lowest BCUT2D eigenvalue weighted by atomic mass is 9.92. The third-order valence-corrected chi connectivity index (χ3v) is 2.90. The number of ketones is 1. The Morgan fingerprint density at radius 2 is 2.06 bits per heavy atom. The smallest absolute Gasteiger partial charge is 0.307 e. The Hall–Kier alpha value is -2.15. The van der Waals surface area contributed by atoms with Crippen molar-refractivity contribution in [2.45, 2.75) is 19.4 Å². The van der Waals surface area contributed by atoms with E-state index in [0.29, 0.717) is 5.56 Å². The fourth-order valence-electron chi connectivity index (χ4n) is 1.96.